The standard InChI is InChI=1S/C22H25N3O3S/c1-15-7-9-17(10-8-15)23-20(26)14-19-21(27)25(11-12-28-3)22(29-19)24-18-6-4-5-16(2)13-18/h4-10,13,19H,11-12,14H2,1-3H3,(H,23,26). The first-order valence-corrected chi connectivity index (χ1v) is 10.3. The Morgan fingerprint density at radius 1 is 1.17 bits per heavy atom. The van der Waals surface area contributed by atoms with Crippen LogP contribution in [0.5, 0.6) is 0 Å². The van der Waals surface area contributed by atoms with Gasteiger partial charge in [-0.05, 0) is 43.7 Å². The molecule has 152 valence electrons. The van der Waals surface area contributed by atoms with Crippen LogP contribution in [0.4, 0.5) is 11.4 Å². The third-order valence-electron chi connectivity index (χ3n) is 4.47. The van der Waals surface area contributed by atoms with Gasteiger partial charge < -0.3 is 10.1 Å². The van der Waals surface area contributed by atoms with Gasteiger partial charge in [-0.25, -0.2) is 4.99 Å². The highest BCUT2D eigenvalue weighted by Gasteiger charge is 2.39. The fourth-order valence-electron chi connectivity index (χ4n) is 2.94. The second kappa shape index (κ2) is 9.71. The SMILES string of the molecule is COCCN1C(=O)C(CC(=O)Nc2ccc(C)cc2)SC1=Nc1cccc(C)c1. The van der Waals surface area contributed by atoms with Crippen molar-refractivity contribution in [2.24, 2.45) is 4.99 Å². The molecule has 1 N–H and O–H groups in total. The minimum absolute atomic E-state index is 0.0910. The monoisotopic (exact) mass is 411 g/mol. The maximum atomic E-state index is 12.9. The van der Waals surface area contributed by atoms with Crippen molar-refractivity contribution in [1.29, 1.82) is 0 Å². The van der Waals surface area contributed by atoms with Gasteiger partial charge in [-0.1, -0.05) is 41.6 Å². The number of methoxy groups -OCH3 is 1. The molecule has 1 unspecified atom stereocenters. The molecule has 3 rings (SSSR count). The van der Waals surface area contributed by atoms with Crippen LogP contribution in [0.1, 0.15) is 17.5 Å². The molecule has 1 aliphatic rings. The van der Waals surface area contributed by atoms with Gasteiger partial charge >= 0.3 is 0 Å². The summed E-state index contributed by atoms with van der Waals surface area (Å²) in [5.74, 6) is -0.305. The Morgan fingerprint density at radius 2 is 1.93 bits per heavy atom. The second-order valence-corrected chi connectivity index (χ2v) is 8.11. The molecule has 2 aromatic rings. The minimum atomic E-state index is -0.499. The molecule has 1 saturated heterocycles. The van der Waals surface area contributed by atoms with Crippen LogP contribution in [-0.4, -0.2) is 47.4 Å². The van der Waals surface area contributed by atoms with E-state index >= 15 is 0 Å². The highest BCUT2D eigenvalue weighted by Crippen LogP contribution is 2.32. The van der Waals surface area contributed by atoms with Gasteiger partial charge in [-0.15, -0.1) is 0 Å². The number of carbonyl (C=O) groups excluding carboxylic acids is 2. The van der Waals surface area contributed by atoms with Crippen molar-refractivity contribution < 1.29 is 14.3 Å². The Morgan fingerprint density at radius 3 is 2.62 bits per heavy atom. The zero-order chi connectivity index (χ0) is 20.8. The van der Waals surface area contributed by atoms with Crippen molar-refractivity contribution >= 4 is 40.1 Å². The van der Waals surface area contributed by atoms with Gasteiger partial charge in [-0.2, -0.15) is 0 Å². The number of aliphatic imine (C=N–C) groups is 1. The summed E-state index contributed by atoms with van der Waals surface area (Å²) in [6.07, 6.45) is 0.0910. The molecule has 0 radical (unpaired) electrons. The number of aryl methyl sites for hydroxylation is 2. The van der Waals surface area contributed by atoms with E-state index in [1.165, 1.54) is 11.8 Å². The smallest absolute Gasteiger partial charge is 0.242 e. The summed E-state index contributed by atoms with van der Waals surface area (Å²) < 4.78 is 5.14. The van der Waals surface area contributed by atoms with Crippen molar-refractivity contribution in [1.82, 2.24) is 4.90 Å². The number of thioether (sulfide) groups is 1. The zero-order valence-electron chi connectivity index (χ0n) is 16.8. The molecule has 0 aliphatic carbocycles. The number of hydrogen-bond acceptors (Lipinski definition) is 5. The third-order valence-corrected chi connectivity index (χ3v) is 5.65. The summed E-state index contributed by atoms with van der Waals surface area (Å²) in [5.41, 5.74) is 3.72. The molecule has 0 aromatic heterocycles. The highest BCUT2D eigenvalue weighted by atomic mass is 32.2. The number of anilines is 1. The van der Waals surface area contributed by atoms with Gasteiger partial charge in [0.05, 0.1) is 18.8 Å². The molecule has 2 aromatic carbocycles. The van der Waals surface area contributed by atoms with Crippen LogP contribution in [0.3, 0.4) is 0 Å². The summed E-state index contributed by atoms with van der Waals surface area (Å²) >= 11 is 1.33. The van der Waals surface area contributed by atoms with E-state index in [9.17, 15) is 9.59 Å². The predicted octanol–water partition coefficient (Wildman–Crippen LogP) is 3.91. The minimum Gasteiger partial charge on any atom is -0.383 e. The molecule has 1 atom stereocenters. The molecule has 2 amide bonds. The van der Waals surface area contributed by atoms with Crippen LogP contribution < -0.4 is 5.32 Å². The molecular weight excluding hydrogens is 386 g/mol. The fraction of sp³-hybridized carbons (Fsp3) is 0.318. The number of amides is 2. The van der Waals surface area contributed by atoms with E-state index in [2.05, 4.69) is 10.3 Å². The first kappa shape index (κ1) is 21.1. The first-order chi connectivity index (χ1) is 14.0. The van der Waals surface area contributed by atoms with Gasteiger partial charge in [0.1, 0.15) is 5.25 Å². The van der Waals surface area contributed by atoms with Crippen LogP contribution >= 0.6 is 11.8 Å². The fourth-order valence-corrected chi connectivity index (χ4v) is 4.12. The first-order valence-electron chi connectivity index (χ1n) is 9.45. The summed E-state index contributed by atoms with van der Waals surface area (Å²) in [6, 6.07) is 15.4. The molecule has 0 bridgehead atoms. The lowest BCUT2D eigenvalue weighted by Gasteiger charge is -2.15. The largest absolute Gasteiger partial charge is 0.383 e. The molecule has 1 fully saturated rings. The van der Waals surface area contributed by atoms with E-state index in [-0.39, 0.29) is 18.2 Å². The normalized spacial score (nSPS) is 17.8. The number of ether oxygens (including phenoxy) is 1. The van der Waals surface area contributed by atoms with Crippen molar-refractivity contribution in [3.63, 3.8) is 0 Å². The highest BCUT2D eigenvalue weighted by molar-refractivity contribution is 8.15. The van der Waals surface area contributed by atoms with E-state index in [0.717, 1.165) is 22.5 Å². The van der Waals surface area contributed by atoms with Crippen molar-refractivity contribution in [3.8, 4) is 0 Å². The van der Waals surface area contributed by atoms with Crippen LogP contribution in [0.2, 0.25) is 0 Å². The number of nitrogens with zero attached hydrogens (tertiary/aromatic N) is 2. The Bertz CT molecular complexity index is 912. The summed E-state index contributed by atoms with van der Waals surface area (Å²) in [5, 5.41) is 2.96. The number of hydrogen-bond donors (Lipinski definition) is 1. The molecular formula is C22H25N3O3S. The quantitative estimate of drug-likeness (QED) is 0.750. The summed E-state index contributed by atoms with van der Waals surface area (Å²) in [4.78, 5) is 31.6. The van der Waals surface area contributed by atoms with Gasteiger partial charge in [0.25, 0.3) is 0 Å². The van der Waals surface area contributed by atoms with E-state index in [1.54, 1.807) is 12.0 Å². The molecule has 0 spiro atoms. The average Bonchev–Trinajstić information content (AvgIpc) is 2.96. The molecule has 7 heteroatoms. The second-order valence-electron chi connectivity index (χ2n) is 6.94. The van der Waals surface area contributed by atoms with Crippen LogP contribution in [0.15, 0.2) is 53.5 Å². The molecule has 29 heavy (non-hydrogen) atoms. The maximum Gasteiger partial charge on any atom is 0.242 e. The van der Waals surface area contributed by atoms with Gasteiger partial charge in [0.15, 0.2) is 5.17 Å². The van der Waals surface area contributed by atoms with Crippen molar-refractivity contribution in [2.75, 3.05) is 25.6 Å². The van der Waals surface area contributed by atoms with Crippen LogP contribution in [-0.2, 0) is 14.3 Å². The number of rotatable bonds is 7. The molecule has 1 aliphatic heterocycles. The number of nitrogens with one attached hydrogen (secondary N) is 1. The van der Waals surface area contributed by atoms with Crippen molar-refractivity contribution in [3.05, 3.63) is 59.7 Å². The van der Waals surface area contributed by atoms with Crippen LogP contribution in [0.25, 0.3) is 0 Å². The average molecular weight is 412 g/mol. The van der Waals surface area contributed by atoms with Crippen LogP contribution in [0, 0.1) is 13.8 Å². The Kier molecular flexibility index (Phi) is 7.06. The number of benzene rings is 2. The number of amidine groups is 1. The Hall–Kier alpha value is -2.64. The molecule has 1 heterocycles. The van der Waals surface area contributed by atoms with E-state index in [4.69, 9.17) is 4.74 Å². The van der Waals surface area contributed by atoms with E-state index in [0.29, 0.717) is 18.3 Å². The summed E-state index contributed by atoms with van der Waals surface area (Å²) in [6.45, 7) is 4.80. The zero-order valence-corrected chi connectivity index (χ0v) is 17.7. The summed E-state index contributed by atoms with van der Waals surface area (Å²) in [7, 11) is 1.59. The van der Waals surface area contributed by atoms with Gasteiger partial charge in [0.2, 0.25) is 11.8 Å². The third kappa shape index (κ3) is 5.68. The van der Waals surface area contributed by atoms with Crippen molar-refractivity contribution in [2.45, 2.75) is 25.5 Å². The van der Waals surface area contributed by atoms with E-state index in [1.807, 2.05) is 62.4 Å². The lowest BCUT2D eigenvalue weighted by atomic mass is 10.2. The topological polar surface area (TPSA) is 71.0 Å². The molecule has 6 nitrogen and oxygen atoms in total. The molecule has 0 saturated carbocycles. The lowest BCUT2D eigenvalue weighted by Crippen LogP contribution is -2.35. The van der Waals surface area contributed by atoms with Gasteiger partial charge in [-0.3, -0.25) is 14.5 Å². The Labute approximate surface area is 175 Å². The maximum absolute atomic E-state index is 12.9. The van der Waals surface area contributed by atoms with E-state index < -0.39 is 5.25 Å². The lowest BCUT2D eigenvalue weighted by molar-refractivity contribution is -0.128. The Balaban J connectivity index is 1.73. The predicted molar refractivity (Wildman–Crippen MR) is 118 cm³/mol. The van der Waals surface area contributed by atoms with Gasteiger partial charge in [0, 0.05) is 19.2 Å². The number of carbonyl (C=O) groups is 2.